The maximum absolute atomic E-state index is 12.3. The maximum atomic E-state index is 12.3. The zero-order valence-electron chi connectivity index (χ0n) is 11.1. The van der Waals surface area contributed by atoms with Crippen LogP contribution in [0.1, 0.15) is 16.9 Å². The number of nitrogens with one attached hydrogen (secondary N) is 1. The van der Waals surface area contributed by atoms with E-state index in [-0.39, 0.29) is 23.7 Å². The second-order valence-corrected chi connectivity index (χ2v) is 5.26. The molecule has 2 saturated heterocycles. The number of carbonyl (C=O) groups is 1. The first-order valence-electron chi connectivity index (χ1n) is 6.75. The van der Waals surface area contributed by atoms with Gasteiger partial charge in [0.15, 0.2) is 0 Å². The number of hydrogen-bond donors (Lipinski definition) is 1. The second kappa shape index (κ2) is 4.44. The van der Waals surface area contributed by atoms with Crippen molar-refractivity contribution in [1.29, 1.82) is 0 Å². The fourth-order valence-corrected chi connectivity index (χ4v) is 3.14. The molecule has 0 saturated carbocycles. The number of oxazole rings is 1. The molecular weight excluding hydrogens is 274 g/mol. The van der Waals surface area contributed by atoms with Gasteiger partial charge in [0.25, 0.3) is 5.91 Å². The molecule has 0 radical (unpaired) electrons. The molecule has 108 valence electrons. The van der Waals surface area contributed by atoms with E-state index >= 15 is 0 Å². The van der Waals surface area contributed by atoms with Gasteiger partial charge in [0, 0.05) is 25.5 Å². The van der Waals surface area contributed by atoms with Gasteiger partial charge in [-0.05, 0) is 12.5 Å². The maximum Gasteiger partial charge on any atom is 0.416 e. The molecule has 2 fully saturated rings. The Morgan fingerprint density at radius 3 is 2.71 bits per heavy atom. The highest BCUT2D eigenvalue weighted by molar-refractivity contribution is 5.92. The van der Waals surface area contributed by atoms with E-state index in [4.69, 9.17) is 0 Å². The molecule has 2 aliphatic rings. The lowest BCUT2D eigenvalue weighted by Crippen LogP contribution is -2.49. The summed E-state index contributed by atoms with van der Waals surface area (Å²) in [6.45, 7) is 1.32. The van der Waals surface area contributed by atoms with Crippen molar-refractivity contribution < 1.29 is 9.21 Å². The molecule has 21 heavy (non-hydrogen) atoms. The van der Waals surface area contributed by atoms with Gasteiger partial charge < -0.3 is 14.2 Å². The Balaban J connectivity index is 1.52. The predicted octanol–water partition coefficient (Wildman–Crippen LogP) is -0.139. The van der Waals surface area contributed by atoms with Crippen LogP contribution in [0.4, 0.5) is 5.95 Å². The molecule has 8 nitrogen and oxygen atoms in total. The van der Waals surface area contributed by atoms with E-state index in [1.807, 2.05) is 0 Å². The van der Waals surface area contributed by atoms with Crippen LogP contribution in [0, 0.1) is 0 Å². The van der Waals surface area contributed by atoms with E-state index in [1.54, 1.807) is 23.4 Å². The number of piperazine rings is 1. The highest BCUT2D eigenvalue weighted by Gasteiger charge is 2.46. The van der Waals surface area contributed by atoms with Crippen LogP contribution in [0.3, 0.4) is 0 Å². The van der Waals surface area contributed by atoms with Crippen molar-refractivity contribution in [2.75, 3.05) is 18.0 Å². The number of likely N-dealkylation sites (tertiary alicyclic amines) is 1. The van der Waals surface area contributed by atoms with Crippen molar-refractivity contribution in [3.63, 3.8) is 0 Å². The van der Waals surface area contributed by atoms with Crippen LogP contribution in [0.5, 0.6) is 0 Å². The lowest BCUT2D eigenvalue weighted by atomic mass is 10.2. The summed E-state index contributed by atoms with van der Waals surface area (Å²) in [7, 11) is 0. The zero-order chi connectivity index (χ0) is 14.4. The highest BCUT2D eigenvalue weighted by atomic mass is 16.4. The number of H-pyrrole nitrogens is 1. The number of rotatable bonds is 2. The standard InChI is InChI=1S/C13H13N5O3/c19-11(10-7-21-13(20)16-10)17-5-9-4-8(17)6-18(9)12-14-2-1-3-15-12/h1-3,7-9H,4-6H2,(H,16,20)/t8-,9-/m0/s1. The summed E-state index contributed by atoms with van der Waals surface area (Å²) in [5, 5.41) is 0. The number of carbonyl (C=O) groups excluding carboxylic acids is 1. The fraction of sp³-hybridized carbons (Fsp3) is 0.385. The summed E-state index contributed by atoms with van der Waals surface area (Å²) < 4.78 is 4.63. The fourth-order valence-electron chi connectivity index (χ4n) is 3.14. The normalized spacial score (nSPS) is 23.8. The van der Waals surface area contributed by atoms with E-state index in [0.717, 1.165) is 6.42 Å². The number of aromatic amines is 1. The molecule has 0 spiro atoms. The van der Waals surface area contributed by atoms with Crippen LogP contribution in [-0.4, -0.2) is 50.9 Å². The molecule has 2 aromatic heterocycles. The van der Waals surface area contributed by atoms with Crippen molar-refractivity contribution >= 4 is 11.9 Å². The lowest BCUT2D eigenvalue weighted by molar-refractivity contribution is 0.0719. The van der Waals surface area contributed by atoms with Crippen molar-refractivity contribution in [2.45, 2.75) is 18.5 Å². The highest BCUT2D eigenvalue weighted by Crippen LogP contribution is 2.33. The van der Waals surface area contributed by atoms with E-state index in [2.05, 4.69) is 24.3 Å². The average Bonchev–Trinajstić information content (AvgIpc) is 3.22. The van der Waals surface area contributed by atoms with E-state index in [1.165, 1.54) is 6.26 Å². The molecule has 2 bridgehead atoms. The van der Waals surface area contributed by atoms with Crippen molar-refractivity contribution in [3.05, 3.63) is 41.0 Å². The Labute approximate surface area is 119 Å². The van der Waals surface area contributed by atoms with Gasteiger partial charge in [-0.25, -0.2) is 14.8 Å². The topological polar surface area (TPSA) is 95.3 Å². The Hall–Kier alpha value is -2.64. The Bertz CT molecular complexity index is 725. The van der Waals surface area contributed by atoms with Crippen molar-refractivity contribution in [2.24, 2.45) is 0 Å². The minimum Gasteiger partial charge on any atom is -0.416 e. The molecule has 0 aromatic carbocycles. The molecule has 2 atom stereocenters. The van der Waals surface area contributed by atoms with E-state index < -0.39 is 5.76 Å². The smallest absolute Gasteiger partial charge is 0.416 e. The van der Waals surface area contributed by atoms with Gasteiger partial charge in [-0.2, -0.15) is 0 Å². The quantitative estimate of drug-likeness (QED) is 0.826. The molecule has 0 unspecified atom stereocenters. The number of nitrogens with zero attached hydrogens (tertiary/aromatic N) is 4. The molecule has 0 aliphatic carbocycles. The molecule has 8 heteroatoms. The molecule has 2 aromatic rings. The summed E-state index contributed by atoms with van der Waals surface area (Å²) >= 11 is 0. The monoisotopic (exact) mass is 287 g/mol. The number of hydrogen-bond acceptors (Lipinski definition) is 6. The molecule has 2 aliphatic heterocycles. The Morgan fingerprint density at radius 1 is 1.29 bits per heavy atom. The average molecular weight is 287 g/mol. The van der Waals surface area contributed by atoms with Crippen LogP contribution in [0.25, 0.3) is 0 Å². The van der Waals surface area contributed by atoms with Crippen LogP contribution in [0.15, 0.2) is 33.9 Å². The van der Waals surface area contributed by atoms with Gasteiger partial charge in [-0.15, -0.1) is 0 Å². The minimum absolute atomic E-state index is 0.115. The molecule has 1 amide bonds. The van der Waals surface area contributed by atoms with Gasteiger partial charge in [0.1, 0.15) is 12.0 Å². The first kappa shape index (κ1) is 12.1. The molecule has 4 rings (SSSR count). The zero-order valence-corrected chi connectivity index (χ0v) is 11.1. The van der Waals surface area contributed by atoms with Gasteiger partial charge >= 0.3 is 5.76 Å². The third kappa shape index (κ3) is 1.91. The summed E-state index contributed by atoms with van der Waals surface area (Å²) in [5.74, 6) is -0.0992. The van der Waals surface area contributed by atoms with Gasteiger partial charge in [0.2, 0.25) is 5.95 Å². The van der Waals surface area contributed by atoms with Gasteiger partial charge in [0.05, 0.1) is 12.1 Å². The van der Waals surface area contributed by atoms with Crippen LogP contribution < -0.4 is 10.7 Å². The van der Waals surface area contributed by atoms with Crippen molar-refractivity contribution in [3.8, 4) is 0 Å². The first-order chi connectivity index (χ1) is 10.2. The third-order valence-corrected chi connectivity index (χ3v) is 4.06. The van der Waals surface area contributed by atoms with Crippen LogP contribution in [0.2, 0.25) is 0 Å². The number of aromatic nitrogens is 3. The van der Waals surface area contributed by atoms with Gasteiger partial charge in [-0.3, -0.25) is 9.78 Å². The minimum atomic E-state index is -0.609. The number of anilines is 1. The summed E-state index contributed by atoms with van der Waals surface area (Å²) in [5.41, 5.74) is 0.204. The molecule has 4 heterocycles. The Kier molecular flexibility index (Phi) is 2.56. The SMILES string of the molecule is O=C(c1coc(=O)[nH]1)N1C[C@@H]2C[C@H]1CN2c1ncccn1. The van der Waals surface area contributed by atoms with E-state index in [9.17, 15) is 9.59 Å². The predicted molar refractivity (Wildman–Crippen MR) is 71.9 cm³/mol. The largest absolute Gasteiger partial charge is 0.416 e. The third-order valence-electron chi connectivity index (χ3n) is 4.06. The summed E-state index contributed by atoms with van der Waals surface area (Å²) in [6.07, 6.45) is 5.50. The molecular formula is C13H13N5O3. The first-order valence-corrected chi connectivity index (χ1v) is 6.75. The molecule has 1 N–H and O–H groups in total. The summed E-state index contributed by atoms with van der Waals surface area (Å²) in [6, 6.07) is 2.12. The second-order valence-electron chi connectivity index (χ2n) is 5.26. The number of fused-ring (bicyclic) bond motifs is 2. The van der Waals surface area contributed by atoms with E-state index in [0.29, 0.717) is 19.0 Å². The van der Waals surface area contributed by atoms with Crippen molar-refractivity contribution in [1.82, 2.24) is 19.9 Å². The van der Waals surface area contributed by atoms with Crippen LogP contribution in [-0.2, 0) is 0 Å². The summed E-state index contributed by atoms with van der Waals surface area (Å²) in [4.78, 5) is 38.2. The van der Waals surface area contributed by atoms with Crippen LogP contribution >= 0.6 is 0 Å². The lowest BCUT2D eigenvalue weighted by Gasteiger charge is -2.33. The van der Waals surface area contributed by atoms with Gasteiger partial charge in [-0.1, -0.05) is 0 Å². The Morgan fingerprint density at radius 2 is 2.10 bits per heavy atom. The number of amides is 1.